The molecule has 0 atom stereocenters. The monoisotopic (exact) mass is 980 g/mol. The molecule has 0 aliphatic rings. The van der Waals surface area contributed by atoms with Gasteiger partial charge in [0.2, 0.25) is 0 Å². The van der Waals surface area contributed by atoms with Crippen molar-refractivity contribution >= 4 is 39.0 Å². The molecule has 6 nitrogen and oxygen atoms in total. The van der Waals surface area contributed by atoms with Gasteiger partial charge in [0.25, 0.3) is 0 Å². The number of fused-ring (bicyclic) bond motifs is 3. The Morgan fingerprint density at radius 3 is 1.61 bits per heavy atom. The molecule has 9 aromatic rings. The molecule has 0 radical (unpaired) electrons. The van der Waals surface area contributed by atoms with Gasteiger partial charge in [-0.3, -0.25) is 9.97 Å². The molecule has 0 N–H and O–H groups in total. The number of para-hydroxylation sites is 3. The van der Waals surface area contributed by atoms with Crippen LogP contribution in [-0.4, -0.2) is 19.1 Å². The van der Waals surface area contributed by atoms with E-state index in [2.05, 4.69) is 197 Å². The Hall–Kier alpha value is -5.97. The topological polar surface area (TPSA) is 52.0 Å². The van der Waals surface area contributed by atoms with Crippen molar-refractivity contribution in [3.05, 3.63) is 174 Å². The van der Waals surface area contributed by atoms with Crippen LogP contribution in [0.25, 0.3) is 56.1 Å². The molecule has 3 aromatic heterocycles. The molecule has 0 amide bonds. The summed E-state index contributed by atoms with van der Waals surface area (Å²) in [7, 11) is 0. The molecular weight excluding hydrogens is 930 g/mol. The SMILES string of the molecule is CC(C)c1cccc(C(C)C)c1-n1ccnc1-c1[c-]c(N(c2[c-]c(-c3nccn3-c3c(C(C)C)cc4c(oc5ccccc54)c3C(C)C)ccc2)c2ccccc2)ccc1.[Pt+2]. The van der Waals surface area contributed by atoms with Crippen LogP contribution < -0.4 is 4.90 Å². The predicted octanol–water partition coefficient (Wildman–Crippen LogP) is 14.9. The van der Waals surface area contributed by atoms with Crippen molar-refractivity contribution in [3.63, 3.8) is 0 Å². The molecule has 0 aliphatic heterocycles. The van der Waals surface area contributed by atoms with E-state index in [9.17, 15) is 0 Å². The van der Waals surface area contributed by atoms with Crippen LogP contribution in [0.2, 0.25) is 0 Å². The Morgan fingerprint density at radius 2 is 1.05 bits per heavy atom. The molecule has 3 heterocycles. The molecule has 0 fully saturated rings. The minimum Gasteiger partial charge on any atom is -0.456 e. The molecule has 9 rings (SSSR count). The van der Waals surface area contributed by atoms with Crippen LogP contribution in [0, 0.1) is 12.1 Å². The summed E-state index contributed by atoms with van der Waals surface area (Å²) in [5.74, 6) is 2.80. The van der Waals surface area contributed by atoms with Gasteiger partial charge in [0.1, 0.15) is 11.2 Å². The molecule has 0 saturated heterocycles. The van der Waals surface area contributed by atoms with E-state index < -0.39 is 0 Å². The summed E-state index contributed by atoms with van der Waals surface area (Å²) in [5.41, 5.74) is 13.7. The minimum atomic E-state index is 0. The predicted molar refractivity (Wildman–Crippen MR) is 248 cm³/mol. The Kier molecular flexibility index (Phi) is 11.8. The van der Waals surface area contributed by atoms with E-state index >= 15 is 0 Å². The van der Waals surface area contributed by atoms with Crippen molar-refractivity contribution in [2.24, 2.45) is 0 Å². The summed E-state index contributed by atoms with van der Waals surface area (Å²) in [6.45, 7) is 18.1. The third-order valence-corrected chi connectivity index (χ3v) is 11.5. The van der Waals surface area contributed by atoms with Crippen LogP contribution in [0.3, 0.4) is 0 Å². The van der Waals surface area contributed by atoms with Crippen LogP contribution in [0.4, 0.5) is 17.1 Å². The quantitative estimate of drug-likeness (QED) is 0.121. The van der Waals surface area contributed by atoms with Crippen molar-refractivity contribution in [1.29, 1.82) is 0 Å². The van der Waals surface area contributed by atoms with Gasteiger partial charge >= 0.3 is 21.1 Å². The maximum atomic E-state index is 6.66. The van der Waals surface area contributed by atoms with Gasteiger partial charge in [-0.15, -0.1) is 59.7 Å². The zero-order valence-corrected chi connectivity index (χ0v) is 38.3. The van der Waals surface area contributed by atoms with Gasteiger partial charge in [0.15, 0.2) is 0 Å². The average Bonchev–Trinajstić information content (AvgIpc) is 4.03. The summed E-state index contributed by atoms with van der Waals surface area (Å²) in [6, 6.07) is 48.0. The Labute approximate surface area is 374 Å². The first-order valence-electron chi connectivity index (χ1n) is 21.2. The second-order valence-corrected chi connectivity index (χ2v) is 16.9. The smallest absolute Gasteiger partial charge is 0.456 e. The number of hydrogen-bond acceptors (Lipinski definition) is 4. The van der Waals surface area contributed by atoms with E-state index in [0.29, 0.717) is 11.8 Å². The Bertz CT molecular complexity index is 2940. The molecule has 308 valence electrons. The standard InChI is InChI=1S/C54H51N5O.Pt/c1-34(2)43-24-16-25-44(35(3)4)50(43)57-29-27-55-53(57)38-17-14-21-41(31-38)59(40-19-10-9-11-20-40)42-22-15-18-39(32-42)54-56-28-30-58(54)51-46(36(5)6)33-47-45-23-12-13-26-48(45)60-52(47)49(51)37(7)8;/h9-30,33-37H,1-8H3;/q-2;+2. The van der Waals surface area contributed by atoms with Crippen LogP contribution in [0.15, 0.2) is 144 Å². The fourth-order valence-corrected chi connectivity index (χ4v) is 8.72. The third-order valence-electron chi connectivity index (χ3n) is 11.5. The Morgan fingerprint density at radius 1 is 0.525 bits per heavy atom. The molecule has 0 unspecified atom stereocenters. The van der Waals surface area contributed by atoms with E-state index in [4.69, 9.17) is 14.4 Å². The number of nitrogens with zero attached hydrogens (tertiary/aromatic N) is 5. The second-order valence-electron chi connectivity index (χ2n) is 16.9. The van der Waals surface area contributed by atoms with Crippen LogP contribution in [0.5, 0.6) is 0 Å². The number of furan rings is 1. The third kappa shape index (κ3) is 7.57. The number of rotatable bonds is 11. The van der Waals surface area contributed by atoms with E-state index in [1.54, 1.807) is 0 Å². The number of imidazole rings is 2. The molecule has 61 heavy (non-hydrogen) atoms. The fourth-order valence-electron chi connectivity index (χ4n) is 8.72. The largest absolute Gasteiger partial charge is 2.00 e. The van der Waals surface area contributed by atoms with E-state index in [1.165, 1.54) is 27.9 Å². The van der Waals surface area contributed by atoms with Crippen molar-refractivity contribution in [2.45, 2.75) is 79.1 Å². The van der Waals surface area contributed by atoms with E-state index in [-0.39, 0.29) is 32.9 Å². The summed E-state index contributed by atoms with van der Waals surface area (Å²) >= 11 is 0. The van der Waals surface area contributed by atoms with Crippen LogP contribution >= 0.6 is 0 Å². The van der Waals surface area contributed by atoms with Gasteiger partial charge in [-0.05, 0) is 76.0 Å². The minimum absolute atomic E-state index is 0. The molecule has 0 spiro atoms. The number of hydrogen-bond donors (Lipinski definition) is 0. The van der Waals surface area contributed by atoms with Crippen molar-refractivity contribution < 1.29 is 25.5 Å². The molecule has 0 bridgehead atoms. The zero-order chi connectivity index (χ0) is 41.7. The zero-order valence-electron chi connectivity index (χ0n) is 36.0. The molecule has 7 heteroatoms. The Balaban J connectivity index is 0.00000514. The fraction of sp³-hybridized carbons (Fsp3) is 0.222. The first-order valence-corrected chi connectivity index (χ1v) is 21.2. The maximum absolute atomic E-state index is 6.66. The van der Waals surface area contributed by atoms with Gasteiger partial charge in [0, 0.05) is 58.2 Å². The normalized spacial score (nSPS) is 11.7. The molecule has 0 saturated carbocycles. The van der Waals surface area contributed by atoms with Gasteiger partial charge in [-0.25, -0.2) is 0 Å². The first-order chi connectivity index (χ1) is 29.1. The summed E-state index contributed by atoms with van der Waals surface area (Å²) in [6.07, 6.45) is 7.95. The van der Waals surface area contributed by atoms with E-state index in [0.717, 1.165) is 67.5 Å². The van der Waals surface area contributed by atoms with Crippen LogP contribution in [-0.2, 0) is 21.1 Å². The van der Waals surface area contributed by atoms with Crippen LogP contribution in [0.1, 0.15) is 101 Å². The average molecular weight is 981 g/mol. The molecular formula is C54H51N5OPt. The van der Waals surface area contributed by atoms with Gasteiger partial charge in [0.05, 0.1) is 11.6 Å². The van der Waals surface area contributed by atoms with Crippen molar-refractivity contribution in [1.82, 2.24) is 19.1 Å². The first kappa shape index (κ1) is 41.7. The number of benzene rings is 6. The van der Waals surface area contributed by atoms with E-state index in [1.807, 2.05) is 24.5 Å². The molecule has 0 aliphatic carbocycles. The summed E-state index contributed by atoms with van der Waals surface area (Å²) in [5, 5.41) is 2.29. The summed E-state index contributed by atoms with van der Waals surface area (Å²) < 4.78 is 11.1. The second kappa shape index (κ2) is 17.2. The van der Waals surface area contributed by atoms with Gasteiger partial charge < -0.3 is 18.5 Å². The summed E-state index contributed by atoms with van der Waals surface area (Å²) in [4.78, 5) is 12.2. The van der Waals surface area contributed by atoms with Gasteiger partial charge in [-0.2, -0.15) is 0 Å². The van der Waals surface area contributed by atoms with Crippen molar-refractivity contribution in [2.75, 3.05) is 4.90 Å². The molecule has 6 aromatic carbocycles. The number of anilines is 3. The van der Waals surface area contributed by atoms with Crippen molar-refractivity contribution in [3.8, 4) is 34.2 Å². The van der Waals surface area contributed by atoms with Gasteiger partial charge in [-0.1, -0.05) is 110 Å². The number of aromatic nitrogens is 4. The maximum Gasteiger partial charge on any atom is 2.00 e.